The molecule has 0 bridgehead atoms. The van der Waals surface area contributed by atoms with Crippen LogP contribution in [0.2, 0.25) is 0 Å². The number of aryl methyl sites for hydroxylation is 1. The molecule has 0 aromatic carbocycles. The van der Waals surface area contributed by atoms with Crippen molar-refractivity contribution >= 4 is 15.9 Å². The van der Waals surface area contributed by atoms with E-state index in [1.54, 1.807) is 13.8 Å². The largest absolute Gasteiger partial charge is 0.388 e. The number of hydrogen-bond acceptors (Lipinski definition) is 4. The van der Waals surface area contributed by atoms with Gasteiger partial charge in [0.15, 0.2) is 5.03 Å². The van der Waals surface area contributed by atoms with Gasteiger partial charge in [-0.15, -0.1) is 0 Å². The van der Waals surface area contributed by atoms with E-state index in [1.165, 1.54) is 17.5 Å². The van der Waals surface area contributed by atoms with Gasteiger partial charge in [0.25, 0.3) is 10.0 Å². The van der Waals surface area contributed by atoms with Crippen molar-refractivity contribution in [3.8, 4) is 0 Å². The van der Waals surface area contributed by atoms with Crippen LogP contribution in [-0.2, 0) is 10.0 Å². The van der Waals surface area contributed by atoms with Crippen molar-refractivity contribution in [3.05, 3.63) is 12.0 Å². The lowest BCUT2D eigenvalue weighted by Crippen LogP contribution is -2.37. The minimum atomic E-state index is -3.60. The smallest absolute Gasteiger partial charge is 0.260 e. The van der Waals surface area contributed by atoms with Crippen molar-refractivity contribution in [3.63, 3.8) is 0 Å². The monoisotopic (exact) mass is 259 g/mol. The molecule has 0 radical (unpaired) electrons. The molecule has 0 fully saturated rings. The fourth-order valence-corrected chi connectivity index (χ4v) is 2.69. The highest BCUT2D eigenvalue weighted by Crippen LogP contribution is 2.15. The second kappa shape index (κ2) is 4.84. The van der Waals surface area contributed by atoms with Gasteiger partial charge in [-0.05, 0) is 13.8 Å². The number of aromatic nitrogens is 2. The Balaban J connectivity index is 2.94. The van der Waals surface area contributed by atoms with Crippen LogP contribution in [0.1, 0.15) is 19.2 Å². The Morgan fingerprint density at radius 2 is 2.29 bits per heavy atom. The Bertz CT molecular complexity index is 507. The van der Waals surface area contributed by atoms with Gasteiger partial charge in [-0.25, -0.2) is 13.4 Å². The summed E-state index contributed by atoms with van der Waals surface area (Å²) in [7, 11) is -2.14. The molecule has 1 atom stereocenters. The van der Waals surface area contributed by atoms with Crippen molar-refractivity contribution in [2.75, 3.05) is 7.05 Å². The summed E-state index contributed by atoms with van der Waals surface area (Å²) < 4.78 is 25.4. The zero-order chi connectivity index (χ0) is 13.2. The van der Waals surface area contributed by atoms with E-state index >= 15 is 0 Å². The lowest BCUT2D eigenvalue weighted by Gasteiger charge is -2.22. The van der Waals surface area contributed by atoms with E-state index in [9.17, 15) is 8.42 Å². The van der Waals surface area contributed by atoms with Gasteiger partial charge in [-0.2, -0.15) is 4.31 Å². The number of imidazole rings is 1. The predicted molar refractivity (Wildman–Crippen MR) is 64.3 cm³/mol. The molecule has 17 heavy (non-hydrogen) atoms. The molecule has 4 N–H and O–H groups in total. The zero-order valence-corrected chi connectivity index (χ0v) is 10.9. The maximum Gasteiger partial charge on any atom is 0.260 e. The first kappa shape index (κ1) is 13.7. The van der Waals surface area contributed by atoms with Crippen molar-refractivity contribution in [2.24, 2.45) is 5.73 Å². The van der Waals surface area contributed by atoms with Crippen LogP contribution < -0.4 is 5.73 Å². The number of nitrogens with one attached hydrogen (secondary N) is 2. The third-order valence-electron chi connectivity index (χ3n) is 2.47. The topological polar surface area (TPSA) is 116 Å². The maximum atomic E-state index is 12.1. The van der Waals surface area contributed by atoms with E-state index in [2.05, 4.69) is 9.97 Å². The van der Waals surface area contributed by atoms with E-state index in [0.717, 1.165) is 0 Å². The number of amidine groups is 1. The lowest BCUT2D eigenvalue weighted by molar-refractivity contribution is 0.394. The van der Waals surface area contributed by atoms with E-state index in [4.69, 9.17) is 11.1 Å². The minimum Gasteiger partial charge on any atom is -0.388 e. The van der Waals surface area contributed by atoms with Gasteiger partial charge < -0.3 is 10.7 Å². The van der Waals surface area contributed by atoms with Crippen LogP contribution in [0.15, 0.2) is 11.2 Å². The third-order valence-corrected chi connectivity index (χ3v) is 4.35. The van der Waals surface area contributed by atoms with E-state index in [1.807, 2.05) is 0 Å². The average Bonchev–Trinajstić information content (AvgIpc) is 2.63. The molecule has 0 saturated carbocycles. The van der Waals surface area contributed by atoms with Crippen molar-refractivity contribution in [1.29, 1.82) is 5.41 Å². The first-order chi connectivity index (χ1) is 7.75. The highest BCUT2D eigenvalue weighted by Gasteiger charge is 2.27. The van der Waals surface area contributed by atoms with Crippen LogP contribution in [0.4, 0.5) is 0 Å². The summed E-state index contributed by atoms with van der Waals surface area (Å²) >= 11 is 0. The van der Waals surface area contributed by atoms with Crippen LogP contribution in [-0.4, -0.2) is 41.6 Å². The molecular weight excluding hydrogens is 242 g/mol. The fourth-order valence-electron chi connectivity index (χ4n) is 1.37. The highest BCUT2D eigenvalue weighted by atomic mass is 32.2. The normalized spacial score (nSPS) is 13.9. The second-order valence-corrected chi connectivity index (χ2v) is 5.90. The molecule has 1 rings (SSSR count). The molecule has 1 aromatic rings. The summed E-state index contributed by atoms with van der Waals surface area (Å²) in [5.41, 5.74) is 5.26. The predicted octanol–water partition coefficient (Wildman–Crippen LogP) is 0.0532. The Labute approximate surface area is 101 Å². The summed E-state index contributed by atoms with van der Waals surface area (Å²) in [5, 5.41) is 7.22. The Hall–Kier alpha value is -1.41. The highest BCUT2D eigenvalue weighted by molar-refractivity contribution is 7.89. The van der Waals surface area contributed by atoms with E-state index in [0.29, 0.717) is 5.82 Å². The van der Waals surface area contributed by atoms with Crippen LogP contribution in [0, 0.1) is 12.3 Å². The average molecular weight is 259 g/mol. The van der Waals surface area contributed by atoms with Gasteiger partial charge in [0, 0.05) is 19.5 Å². The van der Waals surface area contributed by atoms with Crippen molar-refractivity contribution in [2.45, 2.75) is 31.3 Å². The van der Waals surface area contributed by atoms with Gasteiger partial charge in [0.2, 0.25) is 0 Å². The molecule has 1 unspecified atom stereocenters. The first-order valence-corrected chi connectivity index (χ1v) is 6.51. The van der Waals surface area contributed by atoms with Crippen molar-refractivity contribution < 1.29 is 8.42 Å². The quantitative estimate of drug-likeness (QED) is 0.512. The Kier molecular flexibility index (Phi) is 3.89. The van der Waals surface area contributed by atoms with Gasteiger partial charge in [-0.1, -0.05) is 0 Å². The number of aromatic amines is 1. The van der Waals surface area contributed by atoms with Gasteiger partial charge >= 0.3 is 0 Å². The molecule has 0 amide bonds. The van der Waals surface area contributed by atoms with Crippen molar-refractivity contribution in [1.82, 2.24) is 14.3 Å². The minimum absolute atomic E-state index is 0.0414. The van der Waals surface area contributed by atoms with E-state index in [-0.39, 0.29) is 23.3 Å². The summed E-state index contributed by atoms with van der Waals surface area (Å²) in [6, 6.07) is -0.374. The number of hydrogen-bond donors (Lipinski definition) is 3. The molecule has 7 nitrogen and oxygen atoms in total. The molecule has 0 saturated heterocycles. The molecule has 0 spiro atoms. The first-order valence-electron chi connectivity index (χ1n) is 5.07. The molecule has 1 heterocycles. The number of nitrogens with two attached hydrogens (primary N) is 1. The summed E-state index contributed by atoms with van der Waals surface area (Å²) in [6.45, 7) is 3.38. The fraction of sp³-hybridized carbons (Fsp3) is 0.556. The number of rotatable bonds is 5. The van der Waals surface area contributed by atoms with Gasteiger partial charge in [0.1, 0.15) is 5.82 Å². The third kappa shape index (κ3) is 3.04. The maximum absolute atomic E-state index is 12.1. The van der Waals surface area contributed by atoms with Crippen LogP contribution in [0.3, 0.4) is 0 Å². The number of nitrogens with zero attached hydrogens (tertiary/aromatic N) is 2. The lowest BCUT2D eigenvalue weighted by atomic mass is 10.2. The van der Waals surface area contributed by atoms with E-state index < -0.39 is 10.0 Å². The second-order valence-electron chi connectivity index (χ2n) is 3.93. The number of sulfonamides is 1. The summed E-state index contributed by atoms with van der Waals surface area (Å²) in [6.07, 6.45) is 1.48. The zero-order valence-electron chi connectivity index (χ0n) is 10.1. The SMILES string of the molecule is Cc1ncc(S(=O)(=O)N(C)C(C)CC(=N)N)[nH]1. The molecule has 0 aliphatic carbocycles. The molecule has 96 valence electrons. The molecule has 8 heteroatoms. The Morgan fingerprint density at radius 3 is 2.71 bits per heavy atom. The molecule has 0 aliphatic rings. The Morgan fingerprint density at radius 1 is 1.71 bits per heavy atom. The molecule has 0 aliphatic heterocycles. The standard InChI is InChI=1S/C9H17N5O2S/c1-6(4-8(10)11)14(3)17(15,16)9-5-12-7(2)13-9/h5-6H,4H2,1-3H3,(H3,10,11)(H,12,13). The van der Waals surface area contributed by atoms with Gasteiger partial charge in [0.05, 0.1) is 12.0 Å². The van der Waals surface area contributed by atoms with Crippen LogP contribution in [0.25, 0.3) is 0 Å². The summed E-state index contributed by atoms with van der Waals surface area (Å²) in [4.78, 5) is 6.54. The molecular formula is C9H17N5O2S. The number of H-pyrrole nitrogens is 1. The summed E-state index contributed by atoms with van der Waals surface area (Å²) in [5.74, 6) is 0.497. The van der Waals surface area contributed by atoms with Crippen LogP contribution in [0.5, 0.6) is 0 Å². The van der Waals surface area contributed by atoms with Crippen LogP contribution >= 0.6 is 0 Å². The molecule has 1 aromatic heterocycles. The van der Waals surface area contributed by atoms with Gasteiger partial charge in [-0.3, -0.25) is 5.41 Å².